The standard InChI is InChI=1S/C24H18N2/c1-2-4-12-20(24-16-18-10-6-8-14-22(18)26-24)19(11-3-1)23-15-17-9-5-7-13-21(17)25-23/h1-16,25-26H/b2-1-,3-1?,4-2?,11-3-,12-4-,19-11?,20-12?,20-19-. The van der Waals surface area contributed by atoms with E-state index >= 15 is 0 Å². The lowest BCUT2D eigenvalue weighted by Gasteiger charge is -2.08. The number of H-pyrrole nitrogens is 2. The largest absolute Gasteiger partial charge is 0.355 e. The van der Waals surface area contributed by atoms with Crippen LogP contribution in [-0.2, 0) is 0 Å². The Morgan fingerprint density at radius 1 is 0.500 bits per heavy atom. The normalized spacial score (nSPS) is 20.8. The highest BCUT2D eigenvalue weighted by Gasteiger charge is 2.12. The van der Waals surface area contributed by atoms with E-state index in [1.807, 2.05) is 0 Å². The minimum Gasteiger partial charge on any atom is -0.355 e. The fraction of sp³-hybridized carbons (Fsp3) is 0. The van der Waals surface area contributed by atoms with Gasteiger partial charge in [-0.2, -0.15) is 0 Å². The summed E-state index contributed by atoms with van der Waals surface area (Å²) in [5.74, 6) is 0. The van der Waals surface area contributed by atoms with Crippen LogP contribution in [0, 0.1) is 0 Å². The summed E-state index contributed by atoms with van der Waals surface area (Å²) in [5, 5.41) is 2.45. The van der Waals surface area contributed by atoms with Gasteiger partial charge in [0.1, 0.15) is 0 Å². The van der Waals surface area contributed by atoms with Crippen molar-refractivity contribution < 1.29 is 0 Å². The van der Waals surface area contributed by atoms with Gasteiger partial charge in [-0.05, 0) is 24.3 Å². The maximum Gasteiger partial charge on any atom is 0.0471 e. The Labute approximate surface area is 151 Å². The van der Waals surface area contributed by atoms with Crippen molar-refractivity contribution >= 4 is 33.0 Å². The SMILES string of the molecule is C1=C\C=C/C(c2cc3ccccc3[nH]2)=C(c2cc3ccccc3[nH]2)\C=C/1. The number of rotatable bonds is 2. The second kappa shape index (κ2) is 6.08. The molecule has 1 aliphatic carbocycles. The molecule has 5 rings (SSSR count). The van der Waals surface area contributed by atoms with E-state index in [4.69, 9.17) is 0 Å². The van der Waals surface area contributed by atoms with Crippen molar-refractivity contribution in [3.05, 3.63) is 109 Å². The second-order valence-electron chi connectivity index (χ2n) is 6.47. The number of hydrogen-bond acceptors (Lipinski definition) is 0. The van der Waals surface area contributed by atoms with Crippen LogP contribution in [0.15, 0.2) is 97.1 Å². The number of allylic oxidation sites excluding steroid dienone is 8. The fourth-order valence-corrected chi connectivity index (χ4v) is 3.52. The molecule has 2 nitrogen and oxygen atoms in total. The number of hydrogen-bond donors (Lipinski definition) is 2. The molecule has 4 aromatic rings. The summed E-state index contributed by atoms with van der Waals surface area (Å²) in [6, 6.07) is 21.2. The number of aromatic amines is 2. The van der Waals surface area contributed by atoms with Crippen molar-refractivity contribution in [3.8, 4) is 0 Å². The molecule has 0 spiro atoms. The predicted molar refractivity (Wildman–Crippen MR) is 111 cm³/mol. The third-order valence-corrected chi connectivity index (χ3v) is 4.79. The predicted octanol–water partition coefficient (Wildman–Crippen LogP) is 6.24. The summed E-state index contributed by atoms with van der Waals surface area (Å²) in [4.78, 5) is 7.13. The Balaban J connectivity index is 1.76. The van der Waals surface area contributed by atoms with Crippen molar-refractivity contribution in [3.63, 3.8) is 0 Å². The molecule has 1 aliphatic rings. The van der Waals surface area contributed by atoms with E-state index in [1.54, 1.807) is 0 Å². The van der Waals surface area contributed by atoms with Gasteiger partial charge in [-0.3, -0.25) is 0 Å². The van der Waals surface area contributed by atoms with Gasteiger partial charge in [0.25, 0.3) is 0 Å². The van der Waals surface area contributed by atoms with Gasteiger partial charge >= 0.3 is 0 Å². The molecule has 26 heavy (non-hydrogen) atoms. The van der Waals surface area contributed by atoms with Crippen LogP contribution >= 0.6 is 0 Å². The average molecular weight is 334 g/mol. The molecule has 0 atom stereocenters. The van der Waals surface area contributed by atoms with Crippen molar-refractivity contribution in [1.29, 1.82) is 0 Å². The Hall–Kier alpha value is -3.52. The number of benzene rings is 2. The zero-order valence-electron chi connectivity index (χ0n) is 14.2. The molecule has 0 saturated heterocycles. The molecule has 0 unspecified atom stereocenters. The molecule has 2 aromatic carbocycles. The molecule has 2 heterocycles. The molecular formula is C24H18N2. The molecule has 0 saturated carbocycles. The summed E-state index contributed by atoms with van der Waals surface area (Å²) >= 11 is 0. The minimum absolute atomic E-state index is 1.12. The van der Waals surface area contributed by atoms with Crippen LogP contribution in [0.2, 0.25) is 0 Å². The van der Waals surface area contributed by atoms with Crippen LogP contribution in [0.4, 0.5) is 0 Å². The van der Waals surface area contributed by atoms with E-state index in [1.165, 1.54) is 21.9 Å². The molecule has 2 N–H and O–H groups in total. The van der Waals surface area contributed by atoms with E-state index in [-0.39, 0.29) is 0 Å². The highest BCUT2D eigenvalue weighted by Crippen LogP contribution is 2.32. The van der Waals surface area contributed by atoms with Crippen molar-refractivity contribution in [2.75, 3.05) is 0 Å². The average Bonchev–Trinajstić information content (AvgIpc) is 3.25. The molecule has 0 bridgehead atoms. The maximum atomic E-state index is 3.57. The zero-order valence-corrected chi connectivity index (χ0v) is 14.2. The third-order valence-electron chi connectivity index (χ3n) is 4.79. The van der Waals surface area contributed by atoms with Gasteiger partial charge in [-0.25, -0.2) is 0 Å². The van der Waals surface area contributed by atoms with E-state index < -0.39 is 0 Å². The van der Waals surface area contributed by atoms with Crippen molar-refractivity contribution in [2.24, 2.45) is 0 Å². The van der Waals surface area contributed by atoms with Crippen LogP contribution in [0.25, 0.3) is 33.0 Å². The van der Waals surface area contributed by atoms with Gasteiger partial charge in [-0.1, -0.05) is 72.9 Å². The third kappa shape index (κ3) is 2.52. The number of fused-ring (bicyclic) bond motifs is 2. The molecule has 0 aliphatic heterocycles. The van der Waals surface area contributed by atoms with Gasteiger partial charge in [0.05, 0.1) is 0 Å². The minimum atomic E-state index is 1.12. The topological polar surface area (TPSA) is 31.6 Å². The first-order chi connectivity index (χ1) is 12.9. The number of aromatic nitrogens is 2. The summed E-state index contributed by atoms with van der Waals surface area (Å²) in [5.41, 5.74) is 6.90. The zero-order chi connectivity index (χ0) is 17.3. The van der Waals surface area contributed by atoms with Gasteiger partial charge in [0.15, 0.2) is 0 Å². The summed E-state index contributed by atoms with van der Waals surface area (Å²) in [7, 11) is 0. The van der Waals surface area contributed by atoms with Crippen LogP contribution < -0.4 is 0 Å². The molecule has 124 valence electrons. The van der Waals surface area contributed by atoms with Crippen LogP contribution in [0.3, 0.4) is 0 Å². The van der Waals surface area contributed by atoms with Gasteiger partial charge < -0.3 is 9.97 Å². The maximum absolute atomic E-state index is 3.57. The van der Waals surface area contributed by atoms with Gasteiger partial charge in [-0.15, -0.1) is 0 Å². The summed E-state index contributed by atoms with van der Waals surface area (Å²) in [6.07, 6.45) is 12.6. The Kier molecular flexibility index (Phi) is 3.46. The van der Waals surface area contributed by atoms with E-state index in [0.29, 0.717) is 0 Å². The van der Waals surface area contributed by atoms with Crippen LogP contribution in [0.1, 0.15) is 11.4 Å². The molecule has 0 amide bonds. The first-order valence-electron chi connectivity index (χ1n) is 8.80. The molecular weight excluding hydrogens is 316 g/mol. The van der Waals surface area contributed by atoms with Gasteiger partial charge in [0.2, 0.25) is 0 Å². The lowest BCUT2D eigenvalue weighted by molar-refractivity contribution is 1.38. The molecule has 2 aromatic heterocycles. The molecule has 0 fully saturated rings. The van der Waals surface area contributed by atoms with E-state index in [9.17, 15) is 0 Å². The molecule has 2 heteroatoms. The fourth-order valence-electron chi connectivity index (χ4n) is 3.52. The smallest absolute Gasteiger partial charge is 0.0471 e. The van der Waals surface area contributed by atoms with Crippen molar-refractivity contribution in [2.45, 2.75) is 0 Å². The van der Waals surface area contributed by atoms with Crippen molar-refractivity contribution in [1.82, 2.24) is 9.97 Å². The Morgan fingerprint density at radius 3 is 1.42 bits per heavy atom. The second-order valence-corrected chi connectivity index (χ2v) is 6.47. The van der Waals surface area contributed by atoms with E-state index in [2.05, 4.69) is 107 Å². The number of para-hydroxylation sites is 2. The van der Waals surface area contributed by atoms with Crippen LogP contribution in [0.5, 0.6) is 0 Å². The summed E-state index contributed by atoms with van der Waals surface area (Å²) in [6.45, 7) is 0. The Morgan fingerprint density at radius 2 is 0.962 bits per heavy atom. The Bertz CT molecular complexity index is 1060. The highest BCUT2D eigenvalue weighted by atomic mass is 14.7. The highest BCUT2D eigenvalue weighted by molar-refractivity contribution is 6.02. The monoisotopic (exact) mass is 334 g/mol. The lowest BCUT2D eigenvalue weighted by Crippen LogP contribution is -1.90. The molecule has 0 radical (unpaired) electrons. The lowest BCUT2D eigenvalue weighted by atomic mass is 9.99. The quantitative estimate of drug-likeness (QED) is 0.435. The first-order valence-corrected chi connectivity index (χ1v) is 8.80. The van der Waals surface area contributed by atoms with Crippen LogP contribution in [-0.4, -0.2) is 9.97 Å². The van der Waals surface area contributed by atoms with E-state index in [0.717, 1.165) is 22.4 Å². The van der Waals surface area contributed by atoms with Gasteiger partial charge in [0, 0.05) is 44.3 Å². The summed E-state index contributed by atoms with van der Waals surface area (Å²) < 4.78 is 0. The number of nitrogens with one attached hydrogen (secondary N) is 2. The first kappa shape index (κ1) is 14.8.